The number of hydrogen-bond acceptors (Lipinski definition) is 6. The van der Waals surface area contributed by atoms with Crippen LogP contribution in [0.5, 0.6) is 11.5 Å². The molecule has 1 aliphatic rings. The molecular formula is C22H17N5O4. The van der Waals surface area contributed by atoms with Gasteiger partial charge in [-0.1, -0.05) is 6.07 Å². The molecule has 9 heteroatoms. The van der Waals surface area contributed by atoms with E-state index in [0.29, 0.717) is 33.0 Å². The van der Waals surface area contributed by atoms with Crippen LogP contribution in [-0.2, 0) is 0 Å². The molecule has 3 heterocycles. The lowest BCUT2D eigenvalue weighted by atomic mass is 10.2. The zero-order valence-electron chi connectivity index (χ0n) is 16.3. The largest absolute Gasteiger partial charge is 0.619 e. The standard InChI is InChI=1S/C22H17N5O4/c28-20-18-7-2-10-23-21(18)27(25-19(20)22(29)24-14-8-9-14)15-4-1-5-16(12-15)31-17-6-3-11-26(30)13-17/h1-7,10-14H,8-9H2,(H,24,29). The minimum Gasteiger partial charge on any atom is -0.619 e. The van der Waals surface area contributed by atoms with Gasteiger partial charge in [-0.2, -0.15) is 9.83 Å². The Balaban J connectivity index is 1.60. The number of nitrogens with one attached hydrogen (secondary N) is 1. The molecule has 1 amide bonds. The van der Waals surface area contributed by atoms with E-state index < -0.39 is 11.3 Å². The zero-order valence-corrected chi connectivity index (χ0v) is 16.3. The molecule has 5 rings (SSSR count). The van der Waals surface area contributed by atoms with Crippen LogP contribution in [0.1, 0.15) is 23.3 Å². The van der Waals surface area contributed by atoms with Crippen molar-refractivity contribution in [1.29, 1.82) is 0 Å². The average Bonchev–Trinajstić information content (AvgIpc) is 3.58. The van der Waals surface area contributed by atoms with Gasteiger partial charge in [0.2, 0.25) is 11.6 Å². The zero-order chi connectivity index (χ0) is 21.4. The summed E-state index contributed by atoms with van der Waals surface area (Å²) >= 11 is 0. The quantitative estimate of drug-likeness (QED) is 0.395. The molecule has 0 atom stereocenters. The summed E-state index contributed by atoms with van der Waals surface area (Å²) in [7, 11) is 0. The van der Waals surface area contributed by atoms with E-state index in [-0.39, 0.29) is 11.7 Å². The summed E-state index contributed by atoms with van der Waals surface area (Å²) in [4.78, 5) is 29.8. The first-order valence-corrected chi connectivity index (χ1v) is 9.74. The summed E-state index contributed by atoms with van der Waals surface area (Å²) in [6.45, 7) is 0. The van der Waals surface area contributed by atoms with Gasteiger partial charge in [0, 0.05) is 24.4 Å². The van der Waals surface area contributed by atoms with Crippen molar-refractivity contribution in [3.63, 3.8) is 0 Å². The Morgan fingerprint density at radius 1 is 1.16 bits per heavy atom. The summed E-state index contributed by atoms with van der Waals surface area (Å²) in [6.07, 6.45) is 6.02. The van der Waals surface area contributed by atoms with Crippen LogP contribution in [0, 0.1) is 5.21 Å². The van der Waals surface area contributed by atoms with Crippen molar-refractivity contribution in [2.24, 2.45) is 0 Å². The van der Waals surface area contributed by atoms with Gasteiger partial charge in [-0.05, 0) is 43.2 Å². The molecular weight excluding hydrogens is 398 g/mol. The first-order valence-electron chi connectivity index (χ1n) is 9.74. The van der Waals surface area contributed by atoms with E-state index in [4.69, 9.17) is 4.74 Å². The van der Waals surface area contributed by atoms with Crippen molar-refractivity contribution < 1.29 is 14.3 Å². The fourth-order valence-electron chi connectivity index (χ4n) is 3.18. The highest BCUT2D eigenvalue weighted by Crippen LogP contribution is 2.24. The van der Waals surface area contributed by atoms with Crippen molar-refractivity contribution in [2.45, 2.75) is 18.9 Å². The highest BCUT2D eigenvalue weighted by molar-refractivity contribution is 5.95. The average molecular weight is 415 g/mol. The SMILES string of the molecule is O=C(NC1CC1)c1nn(-c2cccc(Oc3ccc[n+]([O-])c3)c2)c2ncccc2c1=O. The summed E-state index contributed by atoms with van der Waals surface area (Å²) in [5, 5.41) is 18.9. The molecule has 0 radical (unpaired) electrons. The van der Waals surface area contributed by atoms with E-state index in [9.17, 15) is 14.8 Å². The molecule has 0 saturated heterocycles. The predicted octanol–water partition coefficient (Wildman–Crippen LogP) is 2.10. The van der Waals surface area contributed by atoms with Crippen molar-refractivity contribution >= 4 is 16.9 Å². The van der Waals surface area contributed by atoms with Crippen LogP contribution in [0.4, 0.5) is 0 Å². The molecule has 3 aromatic heterocycles. The Morgan fingerprint density at radius 3 is 2.81 bits per heavy atom. The molecule has 1 aliphatic carbocycles. The van der Waals surface area contributed by atoms with Gasteiger partial charge in [-0.3, -0.25) is 9.59 Å². The molecule has 0 unspecified atom stereocenters. The maximum Gasteiger partial charge on any atom is 0.276 e. The van der Waals surface area contributed by atoms with Crippen LogP contribution in [0.25, 0.3) is 16.7 Å². The number of aromatic nitrogens is 4. The Labute approximate surface area is 176 Å². The van der Waals surface area contributed by atoms with Gasteiger partial charge in [-0.25, -0.2) is 9.67 Å². The third kappa shape index (κ3) is 3.80. The molecule has 31 heavy (non-hydrogen) atoms. The summed E-state index contributed by atoms with van der Waals surface area (Å²) in [5.74, 6) is 0.330. The molecule has 1 aromatic carbocycles. The van der Waals surface area contributed by atoms with Crippen molar-refractivity contribution in [3.8, 4) is 17.2 Å². The monoisotopic (exact) mass is 415 g/mol. The van der Waals surface area contributed by atoms with E-state index in [0.717, 1.165) is 12.8 Å². The second-order valence-electron chi connectivity index (χ2n) is 7.21. The van der Waals surface area contributed by atoms with Gasteiger partial charge in [0.25, 0.3) is 5.91 Å². The number of amides is 1. The van der Waals surface area contributed by atoms with Crippen LogP contribution in [0.15, 0.2) is 71.9 Å². The Hall–Kier alpha value is -4.27. The molecule has 1 N–H and O–H groups in total. The molecule has 0 spiro atoms. The van der Waals surface area contributed by atoms with Gasteiger partial charge in [0.05, 0.1) is 11.1 Å². The fourth-order valence-corrected chi connectivity index (χ4v) is 3.18. The van der Waals surface area contributed by atoms with Crippen LogP contribution < -0.4 is 20.2 Å². The number of fused-ring (bicyclic) bond motifs is 1. The van der Waals surface area contributed by atoms with Crippen LogP contribution in [-0.4, -0.2) is 26.7 Å². The highest BCUT2D eigenvalue weighted by atomic mass is 16.5. The van der Waals surface area contributed by atoms with Crippen LogP contribution in [0.3, 0.4) is 0 Å². The number of benzene rings is 1. The number of nitrogens with zero attached hydrogens (tertiary/aromatic N) is 4. The van der Waals surface area contributed by atoms with Gasteiger partial charge in [-0.15, -0.1) is 0 Å². The third-order valence-corrected chi connectivity index (χ3v) is 4.82. The van der Waals surface area contributed by atoms with E-state index in [1.54, 1.807) is 54.7 Å². The Bertz CT molecular complexity index is 1360. The number of ether oxygens (including phenoxy) is 1. The topological polar surface area (TPSA) is 113 Å². The van der Waals surface area contributed by atoms with Gasteiger partial charge >= 0.3 is 0 Å². The first-order chi connectivity index (χ1) is 15.1. The molecule has 4 aromatic rings. The van der Waals surface area contributed by atoms with Crippen LogP contribution in [0.2, 0.25) is 0 Å². The maximum atomic E-state index is 12.9. The molecule has 1 saturated carbocycles. The normalized spacial score (nSPS) is 13.2. The summed E-state index contributed by atoms with van der Waals surface area (Å²) in [6, 6.07) is 13.5. The predicted molar refractivity (Wildman–Crippen MR) is 111 cm³/mol. The van der Waals surface area contributed by atoms with E-state index in [1.165, 1.54) is 17.1 Å². The Kier molecular flexibility index (Phi) is 4.55. The number of pyridine rings is 2. The minimum atomic E-state index is -0.497. The van der Waals surface area contributed by atoms with Crippen LogP contribution >= 0.6 is 0 Å². The number of hydrogen-bond donors (Lipinski definition) is 1. The van der Waals surface area contributed by atoms with Gasteiger partial charge < -0.3 is 15.3 Å². The van der Waals surface area contributed by atoms with Crippen molar-refractivity contribution in [1.82, 2.24) is 20.1 Å². The lowest BCUT2D eigenvalue weighted by Crippen LogP contribution is -2.33. The smallest absolute Gasteiger partial charge is 0.276 e. The van der Waals surface area contributed by atoms with Crippen molar-refractivity contribution in [2.75, 3.05) is 0 Å². The highest BCUT2D eigenvalue weighted by Gasteiger charge is 2.27. The van der Waals surface area contributed by atoms with E-state index >= 15 is 0 Å². The van der Waals surface area contributed by atoms with Gasteiger partial charge in [0.1, 0.15) is 5.75 Å². The fraction of sp³-hybridized carbons (Fsp3) is 0.136. The first kappa shape index (κ1) is 18.7. The van der Waals surface area contributed by atoms with E-state index in [2.05, 4.69) is 15.4 Å². The molecule has 0 aliphatic heterocycles. The van der Waals surface area contributed by atoms with Crippen molar-refractivity contribution in [3.05, 3.63) is 88.2 Å². The lowest BCUT2D eigenvalue weighted by Gasteiger charge is -2.12. The summed E-state index contributed by atoms with van der Waals surface area (Å²) in [5.41, 5.74) is 0.223. The summed E-state index contributed by atoms with van der Waals surface area (Å²) < 4.78 is 7.86. The third-order valence-electron chi connectivity index (χ3n) is 4.82. The molecule has 9 nitrogen and oxygen atoms in total. The number of rotatable bonds is 5. The lowest BCUT2D eigenvalue weighted by molar-refractivity contribution is -0.605. The molecule has 1 fully saturated rings. The molecule has 0 bridgehead atoms. The minimum absolute atomic E-state index is 0.0955. The number of carbonyl (C=O) groups excluding carboxylic acids is 1. The molecule has 154 valence electrons. The second kappa shape index (κ2) is 7.52. The van der Waals surface area contributed by atoms with E-state index in [1.807, 2.05) is 0 Å². The Morgan fingerprint density at radius 2 is 2.00 bits per heavy atom. The maximum absolute atomic E-state index is 12.9. The number of carbonyl (C=O) groups is 1. The second-order valence-corrected chi connectivity index (χ2v) is 7.21. The van der Waals surface area contributed by atoms with Gasteiger partial charge in [0.15, 0.2) is 23.3 Å².